The van der Waals surface area contributed by atoms with E-state index < -0.39 is 10.6 Å². The van der Waals surface area contributed by atoms with Gasteiger partial charge in [0, 0.05) is 9.13 Å². The smallest absolute Gasteiger partial charge is 0.286 e. The van der Waals surface area contributed by atoms with E-state index in [0.29, 0.717) is 0 Å². The Hall–Kier alpha value is -0.0400. The molecule has 0 N–H and O–H groups in total. The summed E-state index contributed by atoms with van der Waals surface area (Å²) in [6.07, 6.45) is 0. The maximum absolute atomic E-state index is 12.5. The van der Waals surface area contributed by atoms with E-state index in [1.165, 1.54) is 12.1 Å². The maximum Gasteiger partial charge on any atom is 0.363 e. The number of Topliss-reactive ketones (excluding diaryl/α,β-unsaturated/α-hetero) is 1. The number of halogens is 4. The van der Waals surface area contributed by atoms with Crippen LogP contribution in [0.2, 0.25) is 0 Å². The van der Waals surface area contributed by atoms with Crippen molar-refractivity contribution in [2.45, 2.75) is 4.83 Å². The molecule has 0 saturated heterocycles. The third-order valence-corrected chi connectivity index (χ3v) is 2.44. The van der Waals surface area contributed by atoms with Gasteiger partial charge in [-0.3, -0.25) is 4.79 Å². The average molecular weight is 361 g/mol. The van der Waals surface area contributed by atoms with Crippen molar-refractivity contribution in [2.24, 2.45) is 0 Å². The van der Waals surface area contributed by atoms with Gasteiger partial charge in [-0.05, 0) is 50.7 Å². The molecule has 0 unspecified atom stereocenters. The summed E-state index contributed by atoms with van der Waals surface area (Å²) < 4.78 is 25.8. The van der Waals surface area contributed by atoms with Crippen LogP contribution in [0.25, 0.3) is 0 Å². The van der Waals surface area contributed by atoms with Crippen molar-refractivity contribution in [3.63, 3.8) is 0 Å². The predicted octanol–water partition coefficient (Wildman–Crippen LogP) is 3.46. The molecule has 0 atom stereocenters. The molecular formula is C8H4BrF2IO. The van der Waals surface area contributed by atoms with Crippen LogP contribution in [-0.4, -0.2) is 10.6 Å². The monoisotopic (exact) mass is 360 g/mol. The lowest BCUT2D eigenvalue weighted by Gasteiger charge is -2.06. The van der Waals surface area contributed by atoms with Crippen molar-refractivity contribution in [2.75, 3.05) is 0 Å². The average Bonchev–Trinajstić information content (AvgIpc) is 2.03. The topological polar surface area (TPSA) is 17.1 Å². The SMILES string of the molecule is O=C(c1ccc(I)cc1)C(F)(F)Br. The van der Waals surface area contributed by atoms with Crippen molar-refractivity contribution in [1.82, 2.24) is 0 Å². The summed E-state index contributed by atoms with van der Waals surface area (Å²) in [5.41, 5.74) is 0.00212. The van der Waals surface area contributed by atoms with E-state index >= 15 is 0 Å². The summed E-state index contributed by atoms with van der Waals surface area (Å²) in [6.45, 7) is 0. The van der Waals surface area contributed by atoms with E-state index in [2.05, 4.69) is 0 Å². The van der Waals surface area contributed by atoms with Gasteiger partial charge in [-0.25, -0.2) is 0 Å². The van der Waals surface area contributed by atoms with E-state index in [0.717, 1.165) is 3.57 Å². The fourth-order valence-electron chi connectivity index (χ4n) is 0.765. The molecule has 5 heteroatoms. The van der Waals surface area contributed by atoms with Crippen LogP contribution in [0.15, 0.2) is 24.3 Å². The molecule has 1 rings (SSSR count). The Morgan fingerprint density at radius 1 is 1.31 bits per heavy atom. The second kappa shape index (κ2) is 4.00. The lowest BCUT2D eigenvalue weighted by molar-refractivity contribution is 0.0592. The molecule has 70 valence electrons. The highest BCUT2D eigenvalue weighted by Crippen LogP contribution is 2.26. The van der Waals surface area contributed by atoms with Crippen LogP contribution in [0.5, 0.6) is 0 Å². The van der Waals surface area contributed by atoms with Crippen LogP contribution in [0, 0.1) is 3.57 Å². The van der Waals surface area contributed by atoms with Gasteiger partial charge in [0.15, 0.2) is 0 Å². The van der Waals surface area contributed by atoms with Crippen LogP contribution < -0.4 is 0 Å². The fraction of sp³-hybridized carbons (Fsp3) is 0.125. The van der Waals surface area contributed by atoms with Crippen LogP contribution in [0.3, 0.4) is 0 Å². The summed E-state index contributed by atoms with van der Waals surface area (Å²) in [6, 6.07) is 5.96. The molecule has 1 nitrogen and oxygen atoms in total. The summed E-state index contributed by atoms with van der Waals surface area (Å²) in [5, 5.41) is 0. The largest absolute Gasteiger partial charge is 0.363 e. The van der Waals surface area contributed by atoms with Gasteiger partial charge < -0.3 is 0 Å². The Morgan fingerprint density at radius 2 is 1.77 bits per heavy atom. The second-order valence-corrected chi connectivity index (χ2v) is 4.58. The Balaban J connectivity index is 2.97. The fourth-order valence-corrected chi connectivity index (χ4v) is 1.35. The minimum Gasteiger partial charge on any atom is -0.286 e. The Labute approximate surface area is 95.8 Å². The summed E-state index contributed by atoms with van der Waals surface area (Å²) in [7, 11) is 0. The molecule has 0 aromatic heterocycles. The number of hydrogen-bond donors (Lipinski definition) is 0. The van der Waals surface area contributed by atoms with Gasteiger partial charge >= 0.3 is 4.83 Å². The molecule has 0 fully saturated rings. The van der Waals surface area contributed by atoms with Gasteiger partial charge in [0.05, 0.1) is 0 Å². The molecule has 0 aliphatic heterocycles. The molecular weight excluding hydrogens is 357 g/mol. The third kappa shape index (κ3) is 2.98. The quantitative estimate of drug-likeness (QED) is 0.448. The minimum absolute atomic E-state index is 0.00212. The van der Waals surface area contributed by atoms with Gasteiger partial charge in [-0.15, -0.1) is 0 Å². The Bertz CT molecular complexity index is 318. The first-order valence-electron chi connectivity index (χ1n) is 3.28. The van der Waals surface area contributed by atoms with Crippen molar-refractivity contribution >= 4 is 44.3 Å². The minimum atomic E-state index is -3.47. The third-order valence-electron chi connectivity index (χ3n) is 1.36. The molecule has 13 heavy (non-hydrogen) atoms. The summed E-state index contributed by atoms with van der Waals surface area (Å²) in [5.74, 6) is -1.22. The zero-order valence-electron chi connectivity index (χ0n) is 6.23. The number of hydrogen-bond acceptors (Lipinski definition) is 1. The molecule has 1 aromatic rings. The van der Waals surface area contributed by atoms with Crippen molar-refractivity contribution < 1.29 is 13.6 Å². The van der Waals surface area contributed by atoms with E-state index in [9.17, 15) is 13.6 Å². The normalized spacial score (nSPS) is 11.4. The lowest BCUT2D eigenvalue weighted by atomic mass is 10.1. The van der Waals surface area contributed by atoms with Crippen molar-refractivity contribution in [3.05, 3.63) is 33.4 Å². The molecule has 0 aliphatic rings. The first-order valence-corrected chi connectivity index (χ1v) is 5.15. The highest BCUT2D eigenvalue weighted by Gasteiger charge is 2.35. The summed E-state index contributed by atoms with van der Waals surface area (Å²) >= 11 is 4.04. The number of carbonyl (C=O) groups excluding carboxylic acids is 1. The molecule has 0 radical (unpaired) electrons. The number of benzene rings is 1. The van der Waals surface area contributed by atoms with Crippen LogP contribution in [0.4, 0.5) is 8.78 Å². The zero-order chi connectivity index (χ0) is 10.1. The number of carbonyl (C=O) groups is 1. The first kappa shape index (κ1) is 11.0. The molecule has 0 heterocycles. The number of alkyl halides is 3. The van der Waals surface area contributed by atoms with Gasteiger partial charge in [-0.2, -0.15) is 8.78 Å². The predicted molar refractivity (Wildman–Crippen MR) is 57.4 cm³/mol. The highest BCUT2D eigenvalue weighted by molar-refractivity contribution is 14.1. The van der Waals surface area contributed by atoms with Gasteiger partial charge in [0.2, 0.25) is 5.78 Å². The highest BCUT2D eigenvalue weighted by atomic mass is 127. The summed E-state index contributed by atoms with van der Waals surface area (Å²) in [4.78, 5) is 7.51. The number of ketones is 1. The standard InChI is InChI=1S/C8H4BrF2IO/c9-8(10,11)7(13)5-1-3-6(12)4-2-5/h1-4H. The van der Waals surface area contributed by atoms with Gasteiger partial charge in [0.1, 0.15) is 0 Å². The van der Waals surface area contributed by atoms with Crippen LogP contribution in [-0.2, 0) is 0 Å². The van der Waals surface area contributed by atoms with E-state index in [1.807, 2.05) is 38.5 Å². The molecule has 0 aliphatic carbocycles. The number of rotatable bonds is 2. The van der Waals surface area contributed by atoms with Gasteiger partial charge in [-0.1, -0.05) is 12.1 Å². The Morgan fingerprint density at radius 3 is 2.15 bits per heavy atom. The molecule has 0 bridgehead atoms. The van der Waals surface area contributed by atoms with Crippen molar-refractivity contribution in [3.8, 4) is 0 Å². The van der Waals surface area contributed by atoms with E-state index in [4.69, 9.17) is 0 Å². The molecule has 0 saturated carbocycles. The van der Waals surface area contributed by atoms with E-state index in [-0.39, 0.29) is 5.56 Å². The van der Waals surface area contributed by atoms with Gasteiger partial charge in [0.25, 0.3) is 0 Å². The van der Waals surface area contributed by atoms with Crippen LogP contribution >= 0.6 is 38.5 Å². The molecule has 0 spiro atoms. The second-order valence-electron chi connectivity index (χ2n) is 2.33. The van der Waals surface area contributed by atoms with E-state index in [1.54, 1.807) is 12.1 Å². The first-order chi connectivity index (χ1) is 5.91. The zero-order valence-corrected chi connectivity index (χ0v) is 9.97. The molecule has 1 aromatic carbocycles. The lowest BCUT2D eigenvalue weighted by Crippen LogP contribution is -2.20. The molecule has 0 amide bonds. The Kier molecular flexibility index (Phi) is 3.39. The maximum atomic E-state index is 12.5. The van der Waals surface area contributed by atoms with Crippen molar-refractivity contribution in [1.29, 1.82) is 0 Å². The van der Waals surface area contributed by atoms with Crippen LogP contribution in [0.1, 0.15) is 10.4 Å².